The first-order valence-electron chi connectivity index (χ1n) is 6.67. The second kappa shape index (κ2) is 7.07. The van der Waals surface area contributed by atoms with Crippen molar-refractivity contribution in [3.8, 4) is 0 Å². The molecule has 100 valence electrons. The first-order valence-corrected chi connectivity index (χ1v) is 7.05. The van der Waals surface area contributed by atoms with Crippen LogP contribution in [0.3, 0.4) is 0 Å². The third-order valence-electron chi connectivity index (χ3n) is 3.46. The van der Waals surface area contributed by atoms with E-state index in [1.807, 2.05) is 12.1 Å². The van der Waals surface area contributed by atoms with Crippen LogP contribution < -0.4 is 0 Å². The van der Waals surface area contributed by atoms with Crippen molar-refractivity contribution in [3.63, 3.8) is 0 Å². The molecular formula is C14H21ClN2O. The summed E-state index contributed by atoms with van der Waals surface area (Å²) in [4.78, 5) is 6.86. The van der Waals surface area contributed by atoms with Crippen molar-refractivity contribution in [3.05, 3.63) is 29.0 Å². The SMILES string of the molecule is CC(CCCN1CCOCC1)c1cc(Cl)ccn1. The number of pyridine rings is 1. The number of halogens is 1. The maximum Gasteiger partial charge on any atom is 0.0594 e. The lowest BCUT2D eigenvalue weighted by Crippen LogP contribution is -2.36. The highest BCUT2D eigenvalue weighted by atomic mass is 35.5. The van der Waals surface area contributed by atoms with Gasteiger partial charge >= 0.3 is 0 Å². The molecule has 3 nitrogen and oxygen atoms in total. The molecule has 0 radical (unpaired) electrons. The molecule has 1 aliphatic heterocycles. The van der Waals surface area contributed by atoms with Gasteiger partial charge in [0.25, 0.3) is 0 Å². The topological polar surface area (TPSA) is 25.4 Å². The standard InChI is InChI=1S/C14H21ClN2O/c1-12(14-11-13(15)4-5-16-14)3-2-6-17-7-9-18-10-8-17/h4-5,11-12H,2-3,6-10H2,1H3. The van der Waals surface area contributed by atoms with Crippen molar-refractivity contribution in [2.24, 2.45) is 0 Å². The molecule has 2 rings (SSSR count). The Hall–Kier alpha value is -0.640. The van der Waals surface area contributed by atoms with Crippen LogP contribution in [0.15, 0.2) is 18.3 Å². The maximum absolute atomic E-state index is 5.98. The number of hydrogen-bond acceptors (Lipinski definition) is 3. The third-order valence-corrected chi connectivity index (χ3v) is 3.70. The molecule has 1 atom stereocenters. The van der Waals surface area contributed by atoms with Crippen LogP contribution in [0.4, 0.5) is 0 Å². The van der Waals surface area contributed by atoms with Gasteiger partial charge in [0.1, 0.15) is 0 Å². The highest BCUT2D eigenvalue weighted by Crippen LogP contribution is 2.21. The van der Waals surface area contributed by atoms with Gasteiger partial charge in [-0.3, -0.25) is 9.88 Å². The minimum Gasteiger partial charge on any atom is -0.379 e. The Bertz CT molecular complexity index is 367. The van der Waals surface area contributed by atoms with Crippen molar-refractivity contribution in [1.82, 2.24) is 9.88 Å². The van der Waals surface area contributed by atoms with E-state index < -0.39 is 0 Å². The molecule has 1 aromatic heterocycles. The summed E-state index contributed by atoms with van der Waals surface area (Å²) in [7, 11) is 0. The highest BCUT2D eigenvalue weighted by molar-refractivity contribution is 6.30. The van der Waals surface area contributed by atoms with E-state index in [1.165, 1.54) is 6.42 Å². The zero-order chi connectivity index (χ0) is 12.8. The van der Waals surface area contributed by atoms with Crippen molar-refractivity contribution < 1.29 is 4.74 Å². The van der Waals surface area contributed by atoms with E-state index in [0.717, 1.165) is 50.0 Å². The molecule has 1 unspecified atom stereocenters. The number of morpholine rings is 1. The van der Waals surface area contributed by atoms with E-state index in [2.05, 4.69) is 16.8 Å². The Morgan fingerprint density at radius 3 is 2.94 bits per heavy atom. The quantitative estimate of drug-likeness (QED) is 0.821. The number of nitrogens with zero attached hydrogens (tertiary/aromatic N) is 2. The van der Waals surface area contributed by atoms with Crippen molar-refractivity contribution >= 4 is 11.6 Å². The van der Waals surface area contributed by atoms with E-state index >= 15 is 0 Å². The largest absolute Gasteiger partial charge is 0.379 e. The van der Waals surface area contributed by atoms with Gasteiger partial charge in [-0.1, -0.05) is 18.5 Å². The van der Waals surface area contributed by atoms with Crippen LogP contribution in [-0.2, 0) is 4.74 Å². The molecule has 18 heavy (non-hydrogen) atoms. The summed E-state index contributed by atoms with van der Waals surface area (Å²) in [6, 6.07) is 3.80. The molecular weight excluding hydrogens is 248 g/mol. The van der Waals surface area contributed by atoms with E-state index in [4.69, 9.17) is 16.3 Å². The third kappa shape index (κ3) is 4.23. The summed E-state index contributed by atoms with van der Waals surface area (Å²) >= 11 is 5.98. The van der Waals surface area contributed by atoms with Crippen molar-refractivity contribution in [2.75, 3.05) is 32.8 Å². The monoisotopic (exact) mass is 268 g/mol. The van der Waals surface area contributed by atoms with Gasteiger partial charge in [-0.25, -0.2) is 0 Å². The molecule has 0 spiro atoms. The normalized spacial score (nSPS) is 18.8. The molecule has 4 heteroatoms. The van der Waals surface area contributed by atoms with Crippen LogP contribution in [0.25, 0.3) is 0 Å². The van der Waals surface area contributed by atoms with Gasteiger partial charge in [-0.2, -0.15) is 0 Å². The lowest BCUT2D eigenvalue weighted by Gasteiger charge is -2.26. The van der Waals surface area contributed by atoms with Gasteiger partial charge in [0.05, 0.1) is 13.2 Å². The second-order valence-corrected chi connectivity index (χ2v) is 5.33. The molecule has 1 fully saturated rings. The molecule has 1 aromatic rings. The number of hydrogen-bond donors (Lipinski definition) is 0. The number of ether oxygens (including phenoxy) is 1. The molecule has 0 N–H and O–H groups in total. The molecule has 1 aliphatic rings. The fraction of sp³-hybridized carbons (Fsp3) is 0.643. The maximum atomic E-state index is 5.98. The predicted molar refractivity (Wildman–Crippen MR) is 74.2 cm³/mol. The van der Waals surface area contributed by atoms with Crippen LogP contribution >= 0.6 is 11.6 Å². The fourth-order valence-electron chi connectivity index (χ4n) is 2.28. The summed E-state index contributed by atoms with van der Waals surface area (Å²) in [6.45, 7) is 7.29. The van der Waals surface area contributed by atoms with Gasteiger partial charge in [0.15, 0.2) is 0 Å². The van der Waals surface area contributed by atoms with Crippen LogP contribution in [0.2, 0.25) is 5.02 Å². The predicted octanol–water partition coefficient (Wildman–Crippen LogP) is 2.95. The lowest BCUT2D eigenvalue weighted by molar-refractivity contribution is 0.0370. The van der Waals surface area contributed by atoms with E-state index in [0.29, 0.717) is 5.92 Å². The average Bonchev–Trinajstić information content (AvgIpc) is 2.40. The minimum absolute atomic E-state index is 0.477. The molecule has 0 saturated carbocycles. The van der Waals surface area contributed by atoms with Crippen LogP contribution in [-0.4, -0.2) is 42.7 Å². The summed E-state index contributed by atoms with van der Waals surface area (Å²) < 4.78 is 5.34. The van der Waals surface area contributed by atoms with Gasteiger partial charge in [-0.15, -0.1) is 0 Å². The molecule has 0 amide bonds. The van der Waals surface area contributed by atoms with Crippen molar-refractivity contribution in [2.45, 2.75) is 25.7 Å². The molecule has 0 aromatic carbocycles. The Morgan fingerprint density at radius 1 is 1.44 bits per heavy atom. The van der Waals surface area contributed by atoms with Crippen molar-refractivity contribution in [1.29, 1.82) is 0 Å². The highest BCUT2D eigenvalue weighted by Gasteiger charge is 2.12. The molecule has 1 saturated heterocycles. The summed E-state index contributed by atoms with van der Waals surface area (Å²) in [5, 5.41) is 0.778. The number of rotatable bonds is 5. The zero-order valence-corrected chi connectivity index (χ0v) is 11.7. The van der Waals surface area contributed by atoms with Crippen LogP contribution in [0, 0.1) is 0 Å². The zero-order valence-electron chi connectivity index (χ0n) is 10.9. The minimum atomic E-state index is 0.477. The van der Waals surface area contributed by atoms with Gasteiger partial charge in [-0.05, 0) is 37.4 Å². The summed E-state index contributed by atoms with van der Waals surface area (Å²) in [6.07, 6.45) is 4.15. The van der Waals surface area contributed by atoms with E-state index in [1.54, 1.807) is 6.20 Å². The molecule has 0 bridgehead atoms. The Morgan fingerprint density at radius 2 is 2.22 bits per heavy atom. The Kier molecular flexibility index (Phi) is 5.42. The molecule has 0 aliphatic carbocycles. The van der Waals surface area contributed by atoms with E-state index in [9.17, 15) is 0 Å². The first-order chi connectivity index (χ1) is 8.75. The van der Waals surface area contributed by atoms with Crippen LogP contribution in [0.5, 0.6) is 0 Å². The first kappa shape index (κ1) is 13.8. The molecule has 2 heterocycles. The fourth-order valence-corrected chi connectivity index (χ4v) is 2.45. The smallest absolute Gasteiger partial charge is 0.0594 e. The Labute approximate surface area is 114 Å². The van der Waals surface area contributed by atoms with Gasteiger partial charge < -0.3 is 4.74 Å². The van der Waals surface area contributed by atoms with Gasteiger partial charge in [0, 0.05) is 30.0 Å². The lowest BCUT2D eigenvalue weighted by atomic mass is 10.0. The summed E-state index contributed by atoms with van der Waals surface area (Å²) in [5.74, 6) is 0.477. The summed E-state index contributed by atoms with van der Waals surface area (Å²) in [5.41, 5.74) is 1.10. The Balaban J connectivity index is 1.72. The number of aromatic nitrogens is 1. The average molecular weight is 269 g/mol. The van der Waals surface area contributed by atoms with E-state index in [-0.39, 0.29) is 0 Å². The second-order valence-electron chi connectivity index (χ2n) is 4.90. The van der Waals surface area contributed by atoms with Gasteiger partial charge in [0.2, 0.25) is 0 Å². The van der Waals surface area contributed by atoms with Crippen LogP contribution in [0.1, 0.15) is 31.4 Å².